The Bertz CT molecular complexity index is 517. The van der Waals surface area contributed by atoms with Crippen LogP contribution >= 0.6 is 0 Å². The fourth-order valence-corrected chi connectivity index (χ4v) is 4.36. The quantitative estimate of drug-likeness (QED) is 0.591. The van der Waals surface area contributed by atoms with Crippen molar-refractivity contribution in [2.45, 2.75) is 76.7 Å². The van der Waals surface area contributed by atoms with Crippen LogP contribution in [0.25, 0.3) is 0 Å². The standard InChI is InChI=1S/C21H31N/c1-2-3-4-5-6-16-7-8-18-14-19(10-9-17(18)13-16)20-11-12-21(22)15-20/h2-3,9-10,14,16,20-21H,4-8,11-13,15,22H2,1H3/b3-2-. The Labute approximate surface area is 136 Å². The summed E-state index contributed by atoms with van der Waals surface area (Å²) in [7, 11) is 0. The van der Waals surface area contributed by atoms with Crippen LogP contribution in [0.15, 0.2) is 30.4 Å². The second-order valence-corrected chi connectivity index (χ2v) is 7.41. The van der Waals surface area contributed by atoms with Gasteiger partial charge in [0, 0.05) is 6.04 Å². The van der Waals surface area contributed by atoms with Gasteiger partial charge in [-0.1, -0.05) is 30.4 Å². The van der Waals surface area contributed by atoms with Crippen LogP contribution in [0.4, 0.5) is 0 Å². The highest BCUT2D eigenvalue weighted by Crippen LogP contribution is 2.36. The normalized spacial score (nSPS) is 28.2. The molecule has 2 aliphatic carbocycles. The van der Waals surface area contributed by atoms with Gasteiger partial charge in [0.2, 0.25) is 0 Å². The highest BCUT2D eigenvalue weighted by atomic mass is 14.6. The largest absolute Gasteiger partial charge is 0.328 e. The third kappa shape index (κ3) is 3.81. The molecule has 0 aliphatic heterocycles. The van der Waals surface area contributed by atoms with Crippen LogP contribution in [0.2, 0.25) is 0 Å². The van der Waals surface area contributed by atoms with Gasteiger partial charge in [0.05, 0.1) is 0 Å². The van der Waals surface area contributed by atoms with Crippen LogP contribution in [0.1, 0.15) is 74.5 Å². The molecule has 1 nitrogen and oxygen atoms in total. The molecule has 120 valence electrons. The molecule has 22 heavy (non-hydrogen) atoms. The lowest BCUT2D eigenvalue weighted by atomic mass is 9.80. The van der Waals surface area contributed by atoms with Crippen molar-refractivity contribution >= 4 is 0 Å². The molecule has 0 aromatic heterocycles. The summed E-state index contributed by atoms with van der Waals surface area (Å²) >= 11 is 0. The van der Waals surface area contributed by atoms with E-state index in [0.29, 0.717) is 6.04 Å². The number of fused-ring (bicyclic) bond motifs is 1. The van der Waals surface area contributed by atoms with Gasteiger partial charge in [-0.3, -0.25) is 0 Å². The summed E-state index contributed by atoms with van der Waals surface area (Å²) in [6.45, 7) is 2.12. The van der Waals surface area contributed by atoms with Gasteiger partial charge in [-0.05, 0) is 93.2 Å². The molecule has 1 heteroatoms. The Kier molecular flexibility index (Phi) is 5.36. The zero-order valence-corrected chi connectivity index (χ0v) is 14.1. The number of hydrogen-bond donors (Lipinski definition) is 1. The fourth-order valence-electron chi connectivity index (χ4n) is 4.36. The minimum atomic E-state index is 0.433. The molecule has 1 aromatic rings. The average molecular weight is 297 g/mol. The third-order valence-electron chi connectivity index (χ3n) is 5.72. The van der Waals surface area contributed by atoms with Crippen molar-refractivity contribution < 1.29 is 0 Å². The summed E-state index contributed by atoms with van der Waals surface area (Å²) in [6.07, 6.45) is 16.1. The lowest BCUT2D eigenvalue weighted by molar-refractivity contribution is 0.416. The second kappa shape index (κ2) is 7.46. The zero-order valence-electron chi connectivity index (χ0n) is 14.1. The zero-order chi connectivity index (χ0) is 15.4. The molecule has 1 aromatic carbocycles. The van der Waals surface area contributed by atoms with Crippen LogP contribution in [0, 0.1) is 5.92 Å². The Balaban J connectivity index is 1.59. The number of rotatable bonds is 5. The smallest absolute Gasteiger partial charge is 0.00448 e. The van der Waals surface area contributed by atoms with Gasteiger partial charge < -0.3 is 5.73 Å². The van der Waals surface area contributed by atoms with Crippen LogP contribution in [-0.4, -0.2) is 6.04 Å². The average Bonchev–Trinajstić information content (AvgIpc) is 2.97. The number of benzene rings is 1. The molecule has 3 unspecified atom stereocenters. The van der Waals surface area contributed by atoms with E-state index in [4.69, 9.17) is 5.73 Å². The molecular formula is C21H31N. The molecule has 0 radical (unpaired) electrons. The molecule has 0 spiro atoms. The van der Waals surface area contributed by atoms with E-state index < -0.39 is 0 Å². The molecule has 1 fully saturated rings. The summed E-state index contributed by atoms with van der Waals surface area (Å²) in [5.41, 5.74) is 10.9. The van der Waals surface area contributed by atoms with Crippen LogP contribution < -0.4 is 5.73 Å². The SMILES string of the molecule is C/C=C\CCCC1CCc2cc(C3CCC(N)C3)ccc2C1. The molecule has 3 rings (SSSR count). The molecule has 0 saturated heterocycles. The van der Waals surface area contributed by atoms with Crippen LogP contribution in [0.3, 0.4) is 0 Å². The summed E-state index contributed by atoms with van der Waals surface area (Å²) in [6, 6.07) is 7.76. The Hall–Kier alpha value is -1.08. The molecule has 2 aliphatic rings. The maximum Gasteiger partial charge on any atom is 0.00448 e. The van der Waals surface area contributed by atoms with Gasteiger partial charge in [-0.2, -0.15) is 0 Å². The Morgan fingerprint density at radius 1 is 1.18 bits per heavy atom. The predicted molar refractivity (Wildman–Crippen MR) is 95.2 cm³/mol. The summed E-state index contributed by atoms with van der Waals surface area (Å²) in [5, 5.41) is 0. The number of hydrogen-bond acceptors (Lipinski definition) is 1. The van der Waals surface area contributed by atoms with Gasteiger partial charge in [0.25, 0.3) is 0 Å². The number of unbranched alkanes of at least 4 members (excludes halogenated alkanes) is 1. The van der Waals surface area contributed by atoms with E-state index in [1.807, 2.05) is 0 Å². The van der Waals surface area contributed by atoms with E-state index >= 15 is 0 Å². The Morgan fingerprint density at radius 3 is 2.86 bits per heavy atom. The molecule has 3 atom stereocenters. The van der Waals surface area contributed by atoms with E-state index in [2.05, 4.69) is 37.3 Å². The van der Waals surface area contributed by atoms with Crippen molar-refractivity contribution in [3.63, 3.8) is 0 Å². The number of allylic oxidation sites excluding steroid dienone is 2. The van der Waals surface area contributed by atoms with Crippen molar-refractivity contribution in [2.24, 2.45) is 11.7 Å². The predicted octanol–water partition coefficient (Wildman–Crippen LogP) is 5.13. The first-order chi connectivity index (χ1) is 10.8. The minimum absolute atomic E-state index is 0.433. The van der Waals surface area contributed by atoms with Crippen molar-refractivity contribution in [1.29, 1.82) is 0 Å². The summed E-state index contributed by atoms with van der Waals surface area (Å²) in [4.78, 5) is 0. The van der Waals surface area contributed by atoms with E-state index in [-0.39, 0.29) is 0 Å². The van der Waals surface area contributed by atoms with Gasteiger partial charge in [0.1, 0.15) is 0 Å². The highest BCUT2D eigenvalue weighted by molar-refractivity contribution is 5.36. The van der Waals surface area contributed by atoms with Crippen LogP contribution in [-0.2, 0) is 12.8 Å². The Morgan fingerprint density at radius 2 is 2.09 bits per heavy atom. The highest BCUT2D eigenvalue weighted by Gasteiger charge is 2.25. The van der Waals surface area contributed by atoms with E-state index in [1.54, 1.807) is 16.7 Å². The van der Waals surface area contributed by atoms with Crippen molar-refractivity contribution in [3.8, 4) is 0 Å². The topological polar surface area (TPSA) is 26.0 Å². The number of nitrogens with two attached hydrogens (primary N) is 1. The monoisotopic (exact) mass is 297 g/mol. The lowest BCUT2D eigenvalue weighted by Crippen LogP contribution is -2.16. The maximum absolute atomic E-state index is 6.08. The molecule has 1 saturated carbocycles. The lowest BCUT2D eigenvalue weighted by Gasteiger charge is -2.26. The van der Waals surface area contributed by atoms with Gasteiger partial charge in [-0.15, -0.1) is 0 Å². The molecule has 0 amide bonds. The fraction of sp³-hybridized carbons (Fsp3) is 0.619. The first kappa shape index (κ1) is 15.8. The van der Waals surface area contributed by atoms with E-state index in [9.17, 15) is 0 Å². The second-order valence-electron chi connectivity index (χ2n) is 7.41. The molecule has 0 bridgehead atoms. The first-order valence-electron chi connectivity index (χ1n) is 9.24. The van der Waals surface area contributed by atoms with Gasteiger partial charge >= 0.3 is 0 Å². The minimum Gasteiger partial charge on any atom is -0.328 e. The van der Waals surface area contributed by atoms with Crippen molar-refractivity contribution in [2.75, 3.05) is 0 Å². The summed E-state index contributed by atoms with van der Waals surface area (Å²) in [5.74, 6) is 1.63. The van der Waals surface area contributed by atoms with Gasteiger partial charge in [-0.25, -0.2) is 0 Å². The van der Waals surface area contributed by atoms with E-state index in [0.717, 1.165) is 11.8 Å². The number of aryl methyl sites for hydroxylation is 1. The molecule has 2 N–H and O–H groups in total. The van der Waals surface area contributed by atoms with Crippen LogP contribution in [0.5, 0.6) is 0 Å². The molecular weight excluding hydrogens is 266 g/mol. The van der Waals surface area contributed by atoms with Crippen molar-refractivity contribution in [3.05, 3.63) is 47.0 Å². The van der Waals surface area contributed by atoms with E-state index in [1.165, 1.54) is 57.8 Å². The maximum atomic E-state index is 6.08. The summed E-state index contributed by atoms with van der Waals surface area (Å²) < 4.78 is 0. The third-order valence-corrected chi connectivity index (χ3v) is 5.72. The first-order valence-corrected chi connectivity index (χ1v) is 9.24. The van der Waals surface area contributed by atoms with Crippen molar-refractivity contribution in [1.82, 2.24) is 0 Å². The molecule has 0 heterocycles. The van der Waals surface area contributed by atoms with Gasteiger partial charge in [0.15, 0.2) is 0 Å².